The van der Waals surface area contributed by atoms with Gasteiger partial charge < -0.3 is 20.1 Å². The van der Waals surface area contributed by atoms with E-state index in [4.69, 9.17) is 9.47 Å². The lowest BCUT2D eigenvalue weighted by Gasteiger charge is -2.25. The van der Waals surface area contributed by atoms with Gasteiger partial charge in [-0.05, 0) is 38.5 Å². The summed E-state index contributed by atoms with van der Waals surface area (Å²) in [5.41, 5.74) is 0.231. The van der Waals surface area contributed by atoms with Crippen LogP contribution < -0.4 is 10.6 Å². The average Bonchev–Trinajstić information content (AvgIpc) is 3.17. The quantitative estimate of drug-likeness (QED) is 0.373. The molecule has 0 radical (unpaired) electrons. The molecular weight excluding hydrogens is 369 g/mol. The molecule has 1 aliphatic carbocycles. The standard InChI is InChI=1S/C14H29N3O2.HI/c1-13(2,19-5)10-16-12(15-3)17-11-14(6-7-14)8-9-18-4;/h6-11H2,1-5H3,(H2,15,16,17);1H. The average molecular weight is 399 g/mol. The van der Waals surface area contributed by atoms with Gasteiger partial charge in [-0.2, -0.15) is 0 Å². The molecule has 2 N–H and O–H groups in total. The van der Waals surface area contributed by atoms with E-state index in [1.165, 1.54) is 12.8 Å². The second-order valence-electron chi connectivity index (χ2n) is 5.99. The summed E-state index contributed by atoms with van der Waals surface area (Å²) >= 11 is 0. The van der Waals surface area contributed by atoms with E-state index in [0.717, 1.165) is 32.1 Å². The number of ether oxygens (including phenoxy) is 2. The van der Waals surface area contributed by atoms with Crippen molar-refractivity contribution in [2.45, 2.75) is 38.7 Å². The van der Waals surface area contributed by atoms with Gasteiger partial charge in [0.25, 0.3) is 0 Å². The van der Waals surface area contributed by atoms with Gasteiger partial charge in [0.15, 0.2) is 5.96 Å². The fourth-order valence-electron chi connectivity index (χ4n) is 1.87. The molecule has 0 aliphatic heterocycles. The third kappa shape index (κ3) is 7.08. The highest BCUT2D eigenvalue weighted by Gasteiger charge is 2.41. The first-order chi connectivity index (χ1) is 8.97. The molecule has 5 nitrogen and oxygen atoms in total. The van der Waals surface area contributed by atoms with E-state index in [9.17, 15) is 0 Å². The maximum Gasteiger partial charge on any atom is 0.191 e. The van der Waals surface area contributed by atoms with Crippen LogP contribution in [0.15, 0.2) is 4.99 Å². The van der Waals surface area contributed by atoms with Gasteiger partial charge in [-0.25, -0.2) is 0 Å². The number of nitrogens with zero attached hydrogens (tertiary/aromatic N) is 1. The Balaban J connectivity index is 0.00000361. The van der Waals surface area contributed by atoms with E-state index in [1.807, 2.05) is 13.8 Å². The zero-order chi connectivity index (χ0) is 14.4. The van der Waals surface area contributed by atoms with Gasteiger partial charge in [0.2, 0.25) is 0 Å². The van der Waals surface area contributed by atoms with Crippen LogP contribution in [0.2, 0.25) is 0 Å². The molecule has 0 amide bonds. The second-order valence-corrected chi connectivity index (χ2v) is 5.99. The predicted octanol–water partition coefficient (Wildman–Crippen LogP) is 2.01. The molecule has 0 saturated heterocycles. The van der Waals surface area contributed by atoms with Crippen molar-refractivity contribution >= 4 is 29.9 Å². The van der Waals surface area contributed by atoms with Crippen LogP contribution in [0, 0.1) is 5.41 Å². The number of rotatable bonds is 8. The van der Waals surface area contributed by atoms with Crippen molar-refractivity contribution in [3.63, 3.8) is 0 Å². The van der Waals surface area contributed by atoms with E-state index >= 15 is 0 Å². The van der Waals surface area contributed by atoms with Crippen LogP contribution in [0.4, 0.5) is 0 Å². The minimum Gasteiger partial charge on any atom is -0.385 e. The Hall–Kier alpha value is -0.0800. The number of halogens is 1. The van der Waals surface area contributed by atoms with Crippen LogP contribution in [0.1, 0.15) is 33.1 Å². The van der Waals surface area contributed by atoms with Crippen molar-refractivity contribution < 1.29 is 9.47 Å². The molecule has 1 aliphatic rings. The molecule has 6 heteroatoms. The summed E-state index contributed by atoms with van der Waals surface area (Å²) in [6.07, 6.45) is 3.69. The van der Waals surface area contributed by atoms with Crippen molar-refractivity contribution in [3.8, 4) is 0 Å². The number of nitrogens with one attached hydrogen (secondary N) is 2. The summed E-state index contributed by atoms with van der Waals surface area (Å²) in [5, 5.41) is 6.71. The van der Waals surface area contributed by atoms with Crippen LogP contribution in [0.5, 0.6) is 0 Å². The van der Waals surface area contributed by atoms with Gasteiger partial charge >= 0.3 is 0 Å². The monoisotopic (exact) mass is 399 g/mol. The number of hydrogen-bond acceptors (Lipinski definition) is 3. The SMILES string of the molecule is CN=C(NCC1(CCOC)CC1)NCC(C)(C)OC.I. The maximum absolute atomic E-state index is 5.38. The molecule has 0 aromatic rings. The fraction of sp³-hybridized carbons (Fsp3) is 0.929. The highest BCUT2D eigenvalue weighted by atomic mass is 127. The van der Waals surface area contributed by atoms with E-state index in [1.54, 1.807) is 21.3 Å². The van der Waals surface area contributed by atoms with Crippen LogP contribution in [0.3, 0.4) is 0 Å². The third-order valence-corrected chi connectivity index (χ3v) is 3.88. The van der Waals surface area contributed by atoms with Gasteiger partial charge in [-0.15, -0.1) is 24.0 Å². The first-order valence-corrected chi connectivity index (χ1v) is 6.95. The molecule has 1 fully saturated rings. The lowest BCUT2D eigenvalue weighted by atomic mass is 10.0. The van der Waals surface area contributed by atoms with Crippen molar-refractivity contribution in [1.82, 2.24) is 10.6 Å². The lowest BCUT2D eigenvalue weighted by Crippen LogP contribution is -2.46. The highest BCUT2D eigenvalue weighted by Crippen LogP contribution is 2.48. The van der Waals surface area contributed by atoms with Gasteiger partial charge in [-0.1, -0.05) is 0 Å². The molecule has 0 unspecified atom stereocenters. The largest absolute Gasteiger partial charge is 0.385 e. The first-order valence-electron chi connectivity index (χ1n) is 6.95. The van der Waals surface area contributed by atoms with Gasteiger partial charge in [0.05, 0.1) is 5.60 Å². The van der Waals surface area contributed by atoms with Crippen molar-refractivity contribution in [2.24, 2.45) is 10.4 Å². The number of methoxy groups -OCH3 is 2. The smallest absolute Gasteiger partial charge is 0.191 e. The zero-order valence-electron chi connectivity index (χ0n) is 13.4. The van der Waals surface area contributed by atoms with Gasteiger partial charge in [0, 0.05) is 41.0 Å². The van der Waals surface area contributed by atoms with Crippen molar-refractivity contribution in [3.05, 3.63) is 0 Å². The molecule has 1 rings (SSSR count). The Morgan fingerprint density at radius 1 is 1.25 bits per heavy atom. The summed E-state index contributed by atoms with van der Waals surface area (Å²) in [5.74, 6) is 0.841. The Kier molecular flexibility index (Phi) is 9.01. The first kappa shape index (κ1) is 19.9. The number of hydrogen-bond donors (Lipinski definition) is 2. The molecule has 0 aromatic heterocycles. The van der Waals surface area contributed by atoms with E-state index in [2.05, 4.69) is 15.6 Å². The molecule has 0 heterocycles. The molecule has 0 bridgehead atoms. The number of aliphatic imine (C=N–C) groups is 1. The van der Waals surface area contributed by atoms with Crippen molar-refractivity contribution in [2.75, 3.05) is 41.0 Å². The summed E-state index contributed by atoms with van der Waals surface area (Å²) in [6.45, 7) is 6.63. The Bertz CT molecular complexity index is 305. The van der Waals surface area contributed by atoms with E-state index in [0.29, 0.717) is 5.41 Å². The normalized spacial score (nSPS) is 17.4. The molecule has 0 atom stereocenters. The topological polar surface area (TPSA) is 54.9 Å². The zero-order valence-corrected chi connectivity index (χ0v) is 15.7. The molecule has 0 aromatic carbocycles. The Morgan fingerprint density at radius 3 is 2.35 bits per heavy atom. The van der Waals surface area contributed by atoms with E-state index < -0.39 is 0 Å². The predicted molar refractivity (Wildman–Crippen MR) is 94.0 cm³/mol. The van der Waals surface area contributed by atoms with Crippen LogP contribution in [-0.2, 0) is 9.47 Å². The Labute approximate surface area is 140 Å². The van der Waals surface area contributed by atoms with E-state index in [-0.39, 0.29) is 29.6 Å². The maximum atomic E-state index is 5.38. The Morgan fingerprint density at radius 2 is 1.90 bits per heavy atom. The molecule has 0 spiro atoms. The lowest BCUT2D eigenvalue weighted by molar-refractivity contribution is 0.0268. The molecule has 120 valence electrons. The van der Waals surface area contributed by atoms with Crippen molar-refractivity contribution in [1.29, 1.82) is 0 Å². The van der Waals surface area contributed by atoms with Crippen LogP contribution >= 0.6 is 24.0 Å². The minimum atomic E-state index is -0.190. The number of guanidine groups is 1. The van der Waals surface area contributed by atoms with Crippen LogP contribution in [0.25, 0.3) is 0 Å². The van der Waals surface area contributed by atoms with Gasteiger partial charge in [0.1, 0.15) is 0 Å². The highest BCUT2D eigenvalue weighted by molar-refractivity contribution is 14.0. The minimum absolute atomic E-state index is 0. The molecular formula is C14H30IN3O2. The van der Waals surface area contributed by atoms with Gasteiger partial charge in [-0.3, -0.25) is 4.99 Å². The third-order valence-electron chi connectivity index (χ3n) is 3.88. The molecule has 1 saturated carbocycles. The fourth-order valence-corrected chi connectivity index (χ4v) is 1.87. The summed E-state index contributed by atoms with van der Waals surface area (Å²) in [4.78, 5) is 4.24. The summed E-state index contributed by atoms with van der Waals surface area (Å²) in [7, 11) is 5.28. The summed E-state index contributed by atoms with van der Waals surface area (Å²) in [6, 6.07) is 0. The summed E-state index contributed by atoms with van der Waals surface area (Å²) < 4.78 is 10.5. The van der Waals surface area contributed by atoms with Crippen LogP contribution in [-0.4, -0.2) is 52.5 Å². The second kappa shape index (κ2) is 9.04. The molecule has 20 heavy (non-hydrogen) atoms.